The van der Waals surface area contributed by atoms with Gasteiger partial charge in [-0.2, -0.15) is 11.8 Å². The van der Waals surface area contributed by atoms with E-state index in [2.05, 4.69) is 33.0 Å². The Morgan fingerprint density at radius 1 is 1.26 bits per heavy atom. The van der Waals surface area contributed by atoms with Gasteiger partial charge in [0, 0.05) is 43.0 Å². The van der Waals surface area contributed by atoms with Gasteiger partial charge in [0.25, 0.3) is 0 Å². The maximum Gasteiger partial charge on any atom is 0.321 e. The first-order chi connectivity index (χ1) is 11.0. The summed E-state index contributed by atoms with van der Waals surface area (Å²) in [6.45, 7) is 5.89. The predicted molar refractivity (Wildman–Crippen MR) is 96.4 cm³/mol. The summed E-state index contributed by atoms with van der Waals surface area (Å²) < 4.78 is 0. The van der Waals surface area contributed by atoms with Crippen molar-refractivity contribution in [2.45, 2.75) is 19.9 Å². The Hall–Kier alpha value is -1.89. The van der Waals surface area contributed by atoms with Crippen LogP contribution < -0.4 is 20.9 Å². The quantitative estimate of drug-likeness (QED) is 0.782. The second-order valence-corrected chi connectivity index (χ2v) is 6.76. The van der Waals surface area contributed by atoms with E-state index in [1.54, 1.807) is 6.92 Å². The molecule has 1 aromatic rings. The van der Waals surface area contributed by atoms with Gasteiger partial charge in [-0.3, -0.25) is 10.1 Å². The van der Waals surface area contributed by atoms with E-state index >= 15 is 0 Å². The standard InChI is InChI=1S/C16H24N4O2S/c1-11-10-13(20-6-8-23-9-7-20)4-5-14(11)18-12(2)15(21)19-16(22)17-3/h4-5,10,12,18H,6-9H2,1-3H3,(H2,17,19,21,22). The Labute approximate surface area is 141 Å². The van der Waals surface area contributed by atoms with E-state index in [1.807, 2.05) is 24.8 Å². The molecule has 1 unspecified atom stereocenters. The highest BCUT2D eigenvalue weighted by molar-refractivity contribution is 7.99. The lowest BCUT2D eigenvalue weighted by molar-refractivity contribution is -0.120. The van der Waals surface area contributed by atoms with Crippen molar-refractivity contribution in [2.75, 3.05) is 41.9 Å². The lowest BCUT2D eigenvalue weighted by Gasteiger charge is -2.29. The van der Waals surface area contributed by atoms with Crippen molar-refractivity contribution in [3.8, 4) is 0 Å². The van der Waals surface area contributed by atoms with Gasteiger partial charge in [0.1, 0.15) is 6.04 Å². The van der Waals surface area contributed by atoms with Crippen LogP contribution in [0.4, 0.5) is 16.2 Å². The average molecular weight is 336 g/mol. The number of rotatable bonds is 4. The second-order valence-electron chi connectivity index (χ2n) is 5.53. The Morgan fingerprint density at radius 2 is 1.96 bits per heavy atom. The van der Waals surface area contributed by atoms with Gasteiger partial charge in [-0.15, -0.1) is 0 Å². The molecular weight excluding hydrogens is 312 g/mol. The van der Waals surface area contributed by atoms with Gasteiger partial charge in [0.15, 0.2) is 0 Å². The number of anilines is 2. The van der Waals surface area contributed by atoms with E-state index in [9.17, 15) is 9.59 Å². The molecule has 2 rings (SSSR count). The van der Waals surface area contributed by atoms with Crippen LogP contribution in [0.1, 0.15) is 12.5 Å². The maximum atomic E-state index is 11.9. The molecule has 1 fully saturated rings. The molecule has 1 atom stereocenters. The average Bonchev–Trinajstić information content (AvgIpc) is 2.57. The van der Waals surface area contributed by atoms with Crippen LogP contribution in [0, 0.1) is 6.92 Å². The Balaban J connectivity index is 2.00. The van der Waals surface area contributed by atoms with Gasteiger partial charge in [-0.25, -0.2) is 4.79 Å². The molecular formula is C16H24N4O2S. The number of carbonyl (C=O) groups is 2. The molecule has 3 N–H and O–H groups in total. The highest BCUT2D eigenvalue weighted by Gasteiger charge is 2.17. The Bertz CT molecular complexity index is 573. The molecule has 0 saturated carbocycles. The molecule has 1 aliphatic rings. The number of carbonyl (C=O) groups excluding carboxylic acids is 2. The Kier molecular flexibility index (Phi) is 6.15. The zero-order valence-corrected chi connectivity index (χ0v) is 14.6. The number of aryl methyl sites for hydroxylation is 1. The zero-order valence-electron chi connectivity index (χ0n) is 13.8. The molecule has 0 bridgehead atoms. The van der Waals surface area contributed by atoms with Crippen LogP contribution in [0.5, 0.6) is 0 Å². The van der Waals surface area contributed by atoms with Crippen LogP contribution in [-0.4, -0.2) is 49.6 Å². The summed E-state index contributed by atoms with van der Waals surface area (Å²) in [7, 11) is 1.47. The maximum absolute atomic E-state index is 11.9. The Morgan fingerprint density at radius 3 is 2.57 bits per heavy atom. The van der Waals surface area contributed by atoms with Crippen LogP contribution in [0.3, 0.4) is 0 Å². The van der Waals surface area contributed by atoms with Crippen LogP contribution in [0.2, 0.25) is 0 Å². The molecule has 23 heavy (non-hydrogen) atoms. The van der Waals surface area contributed by atoms with Gasteiger partial charge in [0.05, 0.1) is 0 Å². The number of imide groups is 1. The van der Waals surface area contributed by atoms with Crippen molar-refractivity contribution in [2.24, 2.45) is 0 Å². The number of nitrogens with zero attached hydrogens (tertiary/aromatic N) is 1. The SMILES string of the molecule is CNC(=O)NC(=O)C(C)Nc1ccc(N2CCSCC2)cc1C. The lowest BCUT2D eigenvalue weighted by atomic mass is 10.1. The van der Waals surface area contributed by atoms with E-state index in [-0.39, 0.29) is 5.91 Å². The first-order valence-corrected chi connectivity index (χ1v) is 8.89. The van der Waals surface area contributed by atoms with Gasteiger partial charge < -0.3 is 15.5 Å². The number of thioether (sulfide) groups is 1. The summed E-state index contributed by atoms with van der Waals surface area (Å²) in [4.78, 5) is 25.5. The minimum Gasteiger partial charge on any atom is -0.374 e. The fourth-order valence-electron chi connectivity index (χ4n) is 2.41. The number of hydrogen-bond donors (Lipinski definition) is 3. The van der Waals surface area contributed by atoms with Crippen LogP contribution in [0.15, 0.2) is 18.2 Å². The first kappa shape index (κ1) is 17.5. The summed E-state index contributed by atoms with van der Waals surface area (Å²) in [6, 6.07) is 5.22. The van der Waals surface area contributed by atoms with E-state index in [1.165, 1.54) is 12.7 Å². The van der Waals surface area contributed by atoms with Crippen molar-refractivity contribution in [3.63, 3.8) is 0 Å². The number of amides is 3. The van der Waals surface area contributed by atoms with E-state index in [0.717, 1.165) is 35.8 Å². The van der Waals surface area contributed by atoms with Crippen molar-refractivity contribution >= 4 is 35.1 Å². The zero-order chi connectivity index (χ0) is 16.8. The molecule has 7 heteroatoms. The third-order valence-corrected chi connectivity index (χ3v) is 4.76. The predicted octanol–water partition coefficient (Wildman–Crippen LogP) is 1.80. The fourth-order valence-corrected chi connectivity index (χ4v) is 3.31. The molecule has 1 aromatic carbocycles. The molecule has 1 saturated heterocycles. The smallest absolute Gasteiger partial charge is 0.321 e. The van der Waals surface area contributed by atoms with Crippen molar-refractivity contribution < 1.29 is 9.59 Å². The molecule has 1 aliphatic heterocycles. The monoisotopic (exact) mass is 336 g/mol. The fraction of sp³-hybridized carbons (Fsp3) is 0.500. The molecule has 0 aromatic heterocycles. The second kappa shape index (κ2) is 8.10. The van der Waals surface area contributed by atoms with E-state index < -0.39 is 12.1 Å². The molecule has 0 radical (unpaired) electrons. The highest BCUT2D eigenvalue weighted by Crippen LogP contribution is 2.25. The molecule has 3 amide bonds. The molecule has 0 spiro atoms. The lowest BCUT2D eigenvalue weighted by Crippen LogP contribution is -2.44. The number of hydrogen-bond acceptors (Lipinski definition) is 5. The van der Waals surface area contributed by atoms with Crippen LogP contribution in [-0.2, 0) is 4.79 Å². The molecule has 6 nitrogen and oxygen atoms in total. The first-order valence-electron chi connectivity index (χ1n) is 7.73. The van der Waals surface area contributed by atoms with Gasteiger partial charge in [0.2, 0.25) is 5.91 Å². The van der Waals surface area contributed by atoms with Crippen molar-refractivity contribution in [3.05, 3.63) is 23.8 Å². The third kappa shape index (κ3) is 4.79. The molecule has 126 valence electrons. The number of benzene rings is 1. The molecule has 0 aliphatic carbocycles. The summed E-state index contributed by atoms with van der Waals surface area (Å²) in [5.41, 5.74) is 3.20. The summed E-state index contributed by atoms with van der Waals surface area (Å²) in [5, 5.41) is 7.79. The summed E-state index contributed by atoms with van der Waals surface area (Å²) in [6.07, 6.45) is 0. The van der Waals surface area contributed by atoms with Gasteiger partial charge in [-0.05, 0) is 37.6 Å². The van der Waals surface area contributed by atoms with Crippen LogP contribution >= 0.6 is 11.8 Å². The summed E-state index contributed by atoms with van der Waals surface area (Å²) >= 11 is 1.99. The number of urea groups is 1. The summed E-state index contributed by atoms with van der Waals surface area (Å²) in [5.74, 6) is 1.96. The van der Waals surface area contributed by atoms with Crippen molar-refractivity contribution in [1.29, 1.82) is 0 Å². The topological polar surface area (TPSA) is 73.5 Å². The van der Waals surface area contributed by atoms with Crippen LogP contribution in [0.25, 0.3) is 0 Å². The minimum atomic E-state index is -0.501. The third-order valence-electron chi connectivity index (χ3n) is 3.82. The number of nitrogens with one attached hydrogen (secondary N) is 3. The van der Waals surface area contributed by atoms with Gasteiger partial charge >= 0.3 is 6.03 Å². The van der Waals surface area contributed by atoms with Gasteiger partial charge in [-0.1, -0.05) is 0 Å². The molecule has 1 heterocycles. The highest BCUT2D eigenvalue weighted by atomic mass is 32.2. The van der Waals surface area contributed by atoms with Crippen molar-refractivity contribution in [1.82, 2.24) is 10.6 Å². The van der Waals surface area contributed by atoms with E-state index in [0.29, 0.717) is 0 Å². The minimum absolute atomic E-state index is 0.360. The van der Waals surface area contributed by atoms with E-state index in [4.69, 9.17) is 0 Å². The normalized spacial score (nSPS) is 15.7. The largest absolute Gasteiger partial charge is 0.374 e.